The summed E-state index contributed by atoms with van der Waals surface area (Å²) in [6.45, 7) is 2.16. The van der Waals surface area contributed by atoms with Crippen LogP contribution in [0.3, 0.4) is 0 Å². The number of methoxy groups -OCH3 is 1. The molecule has 8 nitrogen and oxygen atoms in total. The first kappa shape index (κ1) is 23.6. The van der Waals surface area contributed by atoms with Gasteiger partial charge in [-0.25, -0.2) is 4.79 Å². The normalized spacial score (nSPS) is 15.8. The average molecular weight is 599 g/mol. The van der Waals surface area contributed by atoms with Crippen LogP contribution in [-0.2, 0) is 14.3 Å². The van der Waals surface area contributed by atoms with Crippen molar-refractivity contribution < 1.29 is 33.3 Å². The van der Waals surface area contributed by atoms with Gasteiger partial charge < -0.3 is 23.7 Å². The Morgan fingerprint density at radius 2 is 2.03 bits per heavy atom. The summed E-state index contributed by atoms with van der Waals surface area (Å²) < 4.78 is 27.8. The minimum Gasteiger partial charge on any atom is -0.490 e. The third kappa shape index (κ3) is 5.04. The third-order valence-corrected chi connectivity index (χ3v) is 6.70. The van der Waals surface area contributed by atoms with E-state index >= 15 is 0 Å². The van der Waals surface area contributed by atoms with Crippen molar-refractivity contribution in [3.63, 3.8) is 0 Å². The second-order valence-electron chi connectivity index (χ2n) is 6.68. The van der Waals surface area contributed by atoms with Gasteiger partial charge in [0.05, 0.1) is 27.9 Å². The number of hydrogen-bond acceptors (Lipinski definition) is 9. The molecule has 0 saturated carbocycles. The molecule has 2 aromatic rings. The van der Waals surface area contributed by atoms with Gasteiger partial charge in [-0.1, -0.05) is 24.0 Å². The fourth-order valence-corrected chi connectivity index (χ4v) is 5.21. The van der Waals surface area contributed by atoms with Gasteiger partial charge in [-0.05, 0) is 65.4 Å². The number of carbonyl (C=O) groups excluding carboxylic acids is 2. The molecule has 0 N–H and O–H groups in total. The number of fused-ring (bicyclic) bond motifs is 1. The van der Waals surface area contributed by atoms with Gasteiger partial charge in [-0.3, -0.25) is 9.69 Å². The van der Waals surface area contributed by atoms with Crippen LogP contribution < -0.4 is 23.8 Å². The smallest absolute Gasteiger partial charge is 0.343 e. The molecule has 2 aromatic carbocycles. The Bertz CT molecular complexity index is 1170. The highest BCUT2D eigenvalue weighted by atomic mass is 127. The minimum atomic E-state index is -0.496. The van der Waals surface area contributed by atoms with Crippen LogP contribution in [0.15, 0.2) is 35.2 Å². The van der Waals surface area contributed by atoms with Crippen molar-refractivity contribution in [1.29, 1.82) is 0 Å². The van der Waals surface area contributed by atoms with Crippen molar-refractivity contribution in [2.75, 3.05) is 32.0 Å². The molecule has 2 aliphatic heterocycles. The van der Waals surface area contributed by atoms with Crippen LogP contribution in [0.25, 0.3) is 6.08 Å². The van der Waals surface area contributed by atoms with E-state index in [2.05, 4.69) is 27.3 Å². The summed E-state index contributed by atoms with van der Waals surface area (Å²) in [7, 11) is 1.29. The van der Waals surface area contributed by atoms with E-state index in [0.717, 1.165) is 9.13 Å². The maximum atomic E-state index is 13.2. The highest BCUT2D eigenvalue weighted by Crippen LogP contribution is 2.41. The number of carbonyl (C=O) groups is 2. The van der Waals surface area contributed by atoms with Crippen molar-refractivity contribution >= 4 is 74.5 Å². The number of hydrogen-bond donors (Lipinski definition) is 0. The second kappa shape index (κ2) is 10.2. The van der Waals surface area contributed by atoms with Crippen LogP contribution in [0.5, 0.6) is 23.0 Å². The molecule has 0 spiro atoms. The lowest BCUT2D eigenvalue weighted by atomic mass is 10.1. The van der Waals surface area contributed by atoms with Gasteiger partial charge in [0.25, 0.3) is 5.91 Å². The van der Waals surface area contributed by atoms with Gasteiger partial charge in [-0.2, -0.15) is 0 Å². The van der Waals surface area contributed by atoms with Gasteiger partial charge in [0.1, 0.15) is 0 Å². The van der Waals surface area contributed by atoms with Crippen molar-refractivity contribution in [3.05, 3.63) is 44.4 Å². The maximum absolute atomic E-state index is 13.2. The van der Waals surface area contributed by atoms with E-state index in [9.17, 15) is 9.59 Å². The van der Waals surface area contributed by atoms with Gasteiger partial charge in [0.2, 0.25) is 6.79 Å². The molecule has 0 unspecified atom stereocenters. The number of halogens is 1. The molecule has 1 saturated heterocycles. The summed E-state index contributed by atoms with van der Waals surface area (Å²) >= 11 is 8.78. The predicted octanol–water partition coefficient (Wildman–Crippen LogP) is 4.38. The standard InChI is InChI=1S/C22H18INO7S2/c1-3-28-17-7-12(6-14(23)20(17)29-10-19(25)27-2)8-18-21(26)24(22(32)33-18)13-4-5-15-16(9-13)31-11-30-15/h4-9H,3,10-11H2,1-2H3/b18-8+. The van der Waals surface area contributed by atoms with E-state index in [1.54, 1.807) is 30.3 Å². The first-order valence-electron chi connectivity index (χ1n) is 9.74. The first-order valence-corrected chi connectivity index (χ1v) is 12.0. The maximum Gasteiger partial charge on any atom is 0.343 e. The van der Waals surface area contributed by atoms with Crippen LogP contribution in [0.4, 0.5) is 5.69 Å². The molecule has 0 aliphatic carbocycles. The molecule has 172 valence electrons. The van der Waals surface area contributed by atoms with Crippen LogP contribution >= 0.6 is 46.6 Å². The number of amides is 1. The Balaban J connectivity index is 1.61. The molecule has 0 atom stereocenters. The van der Waals surface area contributed by atoms with Gasteiger partial charge >= 0.3 is 5.97 Å². The molecule has 0 radical (unpaired) electrons. The zero-order valence-electron chi connectivity index (χ0n) is 17.6. The monoisotopic (exact) mass is 599 g/mol. The number of rotatable bonds is 7. The Labute approximate surface area is 213 Å². The molecule has 2 heterocycles. The second-order valence-corrected chi connectivity index (χ2v) is 9.52. The SMILES string of the molecule is CCOc1cc(/C=C2/SC(=S)N(c3ccc4c(c3)OCO4)C2=O)cc(I)c1OCC(=O)OC. The zero-order valence-corrected chi connectivity index (χ0v) is 21.4. The quantitative estimate of drug-likeness (QED) is 0.199. The predicted molar refractivity (Wildman–Crippen MR) is 136 cm³/mol. The molecule has 33 heavy (non-hydrogen) atoms. The van der Waals surface area contributed by atoms with Crippen LogP contribution in [0, 0.1) is 3.57 Å². The van der Waals surface area contributed by atoms with E-state index in [4.69, 9.17) is 31.2 Å². The summed E-state index contributed by atoms with van der Waals surface area (Å²) in [6, 6.07) is 8.85. The van der Waals surface area contributed by atoms with Crippen LogP contribution in [-0.4, -0.2) is 43.3 Å². The minimum absolute atomic E-state index is 0.150. The summed E-state index contributed by atoms with van der Waals surface area (Å²) in [6.07, 6.45) is 1.75. The van der Waals surface area contributed by atoms with Crippen molar-refractivity contribution in [1.82, 2.24) is 0 Å². The number of thioether (sulfide) groups is 1. The number of ether oxygens (including phenoxy) is 5. The zero-order chi connectivity index (χ0) is 23.5. The lowest BCUT2D eigenvalue weighted by Gasteiger charge is -2.15. The number of thiocarbonyl (C=S) groups is 1. The lowest BCUT2D eigenvalue weighted by Crippen LogP contribution is -2.27. The Hall–Kier alpha value is -2.51. The molecule has 4 rings (SSSR count). The van der Waals surface area contributed by atoms with E-state index in [0.29, 0.717) is 44.5 Å². The Kier molecular flexibility index (Phi) is 7.29. The molecule has 2 aliphatic rings. The number of nitrogens with zero attached hydrogens (tertiary/aromatic N) is 1. The van der Waals surface area contributed by atoms with Crippen LogP contribution in [0.2, 0.25) is 0 Å². The highest BCUT2D eigenvalue weighted by molar-refractivity contribution is 14.1. The van der Waals surface area contributed by atoms with E-state index in [1.807, 2.05) is 13.0 Å². The molecule has 0 bridgehead atoms. The fourth-order valence-electron chi connectivity index (χ4n) is 3.13. The number of anilines is 1. The Morgan fingerprint density at radius 1 is 1.24 bits per heavy atom. The highest BCUT2D eigenvalue weighted by Gasteiger charge is 2.34. The molecular formula is C22H18INO7S2. The van der Waals surface area contributed by atoms with Crippen molar-refractivity contribution in [2.45, 2.75) is 6.92 Å². The van der Waals surface area contributed by atoms with Gasteiger partial charge in [0.15, 0.2) is 33.9 Å². The van der Waals surface area contributed by atoms with Crippen molar-refractivity contribution in [2.24, 2.45) is 0 Å². The molecule has 11 heteroatoms. The summed E-state index contributed by atoms with van der Waals surface area (Å²) in [5.74, 6) is 1.38. The molecule has 0 aromatic heterocycles. The van der Waals surface area contributed by atoms with E-state index in [1.165, 1.54) is 23.8 Å². The Morgan fingerprint density at radius 3 is 2.79 bits per heavy atom. The van der Waals surface area contributed by atoms with Gasteiger partial charge in [-0.15, -0.1) is 0 Å². The van der Waals surface area contributed by atoms with E-state index in [-0.39, 0.29) is 19.3 Å². The molecule has 1 fully saturated rings. The molecule has 1 amide bonds. The fraction of sp³-hybridized carbons (Fsp3) is 0.227. The summed E-state index contributed by atoms with van der Waals surface area (Å²) in [5, 5.41) is 0. The first-order chi connectivity index (χ1) is 15.9. The summed E-state index contributed by atoms with van der Waals surface area (Å²) in [4.78, 5) is 26.6. The lowest BCUT2D eigenvalue weighted by molar-refractivity contribution is -0.142. The average Bonchev–Trinajstić information content (AvgIpc) is 3.36. The number of esters is 1. The van der Waals surface area contributed by atoms with E-state index < -0.39 is 5.97 Å². The third-order valence-electron chi connectivity index (χ3n) is 4.60. The summed E-state index contributed by atoms with van der Waals surface area (Å²) in [5.41, 5.74) is 1.35. The van der Waals surface area contributed by atoms with Gasteiger partial charge in [0, 0.05) is 6.07 Å². The number of benzene rings is 2. The van der Waals surface area contributed by atoms with Crippen LogP contribution in [0.1, 0.15) is 12.5 Å². The molecular weight excluding hydrogens is 581 g/mol. The largest absolute Gasteiger partial charge is 0.490 e. The van der Waals surface area contributed by atoms with Crippen molar-refractivity contribution in [3.8, 4) is 23.0 Å². The topological polar surface area (TPSA) is 83.5 Å².